The summed E-state index contributed by atoms with van der Waals surface area (Å²) in [6.45, 7) is 4.22. The van der Waals surface area contributed by atoms with E-state index in [1.54, 1.807) is 0 Å². The zero-order chi connectivity index (χ0) is 7.82. The van der Waals surface area contributed by atoms with Crippen LogP contribution < -0.4 is 5.73 Å². The van der Waals surface area contributed by atoms with Gasteiger partial charge in [-0.15, -0.1) is 0 Å². The van der Waals surface area contributed by atoms with E-state index < -0.39 is 0 Å². The minimum absolute atomic E-state index is 0.418. The van der Waals surface area contributed by atoms with Crippen LogP contribution in [0.25, 0.3) is 0 Å². The van der Waals surface area contributed by atoms with Crippen molar-refractivity contribution in [3.05, 3.63) is 12.2 Å². The van der Waals surface area contributed by atoms with Gasteiger partial charge in [0, 0.05) is 6.04 Å². The fraction of sp³-hybridized carbons (Fsp3) is 0.778. The smallest absolute Gasteiger partial charge is 0.00416 e. The maximum atomic E-state index is 5.79. The van der Waals surface area contributed by atoms with Gasteiger partial charge in [0.15, 0.2) is 0 Å². The van der Waals surface area contributed by atoms with Gasteiger partial charge in [0.05, 0.1) is 0 Å². The molecule has 60 valence electrons. The summed E-state index contributed by atoms with van der Waals surface area (Å²) in [6, 6.07) is 0.418. The van der Waals surface area contributed by atoms with Crippen molar-refractivity contribution >= 4 is 0 Å². The molecule has 0 saturated heterocycles. The zero-order valence-corrected chi connectivity index (χ0v) is 7.14. The largest absolute Gasteiger partial charge is 0.328 e. The Balaban J connectivity index is 3.12. The Morgan fingerprint density at radius 2 is 2.10 bits per heavy atom. The Bertz CT molecular complexity index is 86.7. The molecule has 0 amide bonds. The van der Waals surface area contributed by atoms with Gasteiger partial charge < -0.3 is 5.73 Å². The maximum absolute atomic E-state index is 5.79. The molecular formula is C9H19N. The summed E-state index contributed by atoms with van der Waals surface area (Å²) in [4.78, 5) is 0. The molecule has 0 fully saturated rings. The third kappa shape index (κ3) is 5.83. The van der Waals surface area contributed by atoms with Gasteiger partial charge in [-0.25, -0.2) is 0 Å². The van der Waals surface area contributed by atoms with Crippen molar-refractivity contribution < 1.29 is 0 Å². The van der Waals surface area contributed by atoms with E-state index in [-0.39, 0.29) is 0 Å². The van der Waals surface area contributed by atoms with Crippen LogP contribution in [0, 0.1) is 0 Å². The van der Waals surface area contributed by atoms with E-state index in [1.807, 2.05) is 6.92 Å². The molecule has 0 radical (unpaired) electrons. The molecule has 0 aliphatic carbocycles. The number of rotatable bonds is 5. The van der Waals surface area contributed by atoms with Crippen LogP contribution in [0.2, 0.25) is 0 Å². The molecular weight excluding hydrogens is 122 g/mol. The number of nitrogens with two attached hydrogens (primary N) is 1. The molecule has 10 heavy (non-hydrogen) atoms. The maximum Gasteiger partial charge on any atom is 0.00416 e. The summed E-state index contributed by atoms with van der Waals surface area (Å²) >= 11 is 0. The molecule has 0 aromatic carbocycles. The lowest BCUT2D eigenvalue weighted by atomic mass is 10.1. The van der Waals surface area contributed by atoms with Crippen molar-refractivity contribution in [2.75, 3.05) is 0 Å². The first-order valence-corrected chi connectivity index (χ1v) is 4.18. The van der Waals surface area contributed by atoms with Crippen molar-refractivity contribution in [2.24, 2.45) is 5.73 Å². The highest BCUT2D eigenvalue weighted by molar-refractivity contribution is 4.78. The van der Waals surface area contributed by atoms with Gasteiger partial charge in [-0.2, -0.15) is 0 Å². The first-order chi connectivity index (χ1) is 4.81. The SMILES string of the molecule is CC=CCCC(N)CCC. The molecule has 0 heterocycles. The summed E-state index contributed by atoms with van der Waals surface area (Å²) in [7, 11) is 0. The predicted octanol–water partition coefficient (Wildman–Crippen LogP) is 2.47. The number of hydrogen-bond donors (Lipinski definition) is 1. The summed E-state index contributed by atoms with van der Waals surface area (Å²) in [5, 5.41) is 0. The second-order valence-corrected chi connectivity index (χ2v) is 2.70. The summed E-state index contributed by atoms with van der Waals surface area (Å²) in [6.07, 6.45) is 8.90. The van der Waals surface area contributed by atoms with Crippen LogP contribution in [0.15, 0.2) is 12.2 Å². The molecule has 0 bridgehead atoms. The molecule has 1 heteroatoms. The van der Waals surface area contributed by atoms with Crippen LogP contribution >= 0.6 is 0 Å². The quantitative estimate of drug-likeness (QED) is 0.585. The van der Waals surface area contributed by atoms with E-state index in [0.29, 0.717) is 6.04 Å². The lowest BCUT2D eigenvalue weighted by molar-refractivity contribution is 0.566. The Kier molecular flexibility index (Phi) is 6.61. The highest BCUT2D eigenvalue weighted by atomic mass is 14.6. The lowest BCUT2D eigenvalue weighted by Crippen LogP contribution is -2.18. The average molecular weight is 141 g/mol. The van der Waals surface area contributed by atoms with Crippen LogP contribution in [0.5, 0.6) is 0 Å². The lowest BCUT2D eigenvalue weighted by Gasteiger charge is -2.06. The van der Waals surface area contributed by atoms with Crippen LogP contribution in [-0.2, 0) is 0 Å². The molecule has 1 nitrogen and oxygen atoms in total. The van der Waals surface area contributed by atoms with E-state index in [4.69, 9.17) is 5.73 Å². The van der Waals surface area contributed by atoms with E-state index in [2.05, 4.69) is 19.1 Å². The van der Waals surface area contributed by atoms with Gasteiger partial charge in [-0.1, -0.05) is 25.5 Å². The van der Waals surface area contributed by atoms with Gasteiger partial charge in [-0.05, 0) is 26.2 Å². The predicted molar refractivity (Wildman–Crippen MR) is 46.9 cm³/mol. The number of allylic oxidation sites excluding steroid dienone is 2. The average Bonchev–Trinajstić information content (AvgIpc) is 1.89. The topological polar surface area (TPSA) is 26.0 Å². The normalized spacial score (nSPS) is 14.3. The van der Waals surface area contributed by atoms with Crippen molar-refractivity contribution in [3.8, 4) is 0 Å². The van der Waals surface area contributed by atoms with Gasteiger partial charge >= 0.3 is 0 Å². The van der Waals surface area contributed by atoms with Gasteiger partial charge in [0.2, 0.25) is 0 Å². The molecule has 0 aromatic heterocycles. The zero-order valence-electron chi connectivity index (χ0n) is 7.14. The molecule has 0 aliphatic rings. The van der Waals surface area contributed by atoms with Crippen molar-refractivity contribution in [3.63, 3.8) is 0 Å². The van der Waals surface area contributed by atoms with E-state index in [0.717, 1.165) is 19.3 Å². The Morgan fingerprint density at radius 3 is 2.60 bits per heavy atom. The van der Waals surface area contributed by atoms with Crippen LogP contribution in [-0.4, -0.2) is 6.04 Å². The fourth-order valence-electron chi connectivity index (χ4n) is 0.992. The highest BCUT2D eigenvalue weighted by Crippen LogP contribution is 2.01. The highest BCUT2D eigenvalue weighted by Gasteiger charge is 1.97. The minimum atomic E-state index is 0.418. The minimum Gasteiger partial charge on any atom is -0.328 e. The Hall–Kier alpha value is -0.300. The second-order valence-electron chi connectivity index (χ2n) is 2.70. The van der Waals surface area contributed by atoms with Gasteiger partial charge in [-0.3, -0.25) is 0 Å². The molecule has 1 unspecified atom stereocenters. The summed E-state index contributed by atoms with van der Waals surface area (Å²) in [5.74, 6) is 0. The molecule has 0 aliphatic heterocycles. The third-order valence-corrected chi connectivity index (χ3v) is 1.60. The van der Waals surface area contributed by atoms with E-state index >= 15 is 0 Å². The molecule has 0 saturated carbocycles. The van der Waals surface area contributed by atoms with E-state index in [9.17, 15) is 0 Å². The summed E-state index contributed by atoms with van der Waals surface area (Å²) in [5.41, 5.74) is 5.79. The molecule has 0 spiro atoms. The van der Waals surface area contributed by atoms with Gasteiger partial charge in [0.1, 0.15) is 0 Å². The van der Waals surface area contributed by atoms with Crippen LogP contribution in [0.4, 0.5) is 0 Å². The molecule has 0 rings (SSSR count). The summed E-state index contributed by atoms with van der Waals surface area (Å²) < 4.78 is 0. The first-order valence-electron chi connectivity index (χ1n) is 4.18. The molecule has 1 atom stereocenters. The van der Waals surface area contributed by atoms with Crippen LogP contribution in [0.3, 0.4) is 0 Å². The second kappa shape index (κ2) is 6.81. The van der Waals surface area contributed by atoms with Crippen LogP contribution in [0.1, 0.15) is 39.5 Å². The standard InChI is InChI=1S/C9H19N/c1-3-5-6-8-9(10)7-4-2/h3,5,9H,4,6-8,10H2,1-2H3. The van der Waals surface area contributed by atoms with Crippen molar-refractivity contribution in [1.29, 1.82) is 0 Å². The number of hydrogen-bond acceptors (Lipinski definition) is 1. The molecule has 0 aromatic rings. The Labute approximate surface area is 64.3 Å². The fourth-order valence-corrected chi connectivity index (χ4v) is 0.992. The molecule has 2 N–H and O–H groups in total. The van der Waals surface area contributed by atoms with Gasteiger partial charge in [0.25, 0.3) is 0 Å². The van der Waals surface area contributed by atoms with Crippen molar-refractivity contribution in [1.82, 2.24) is 0 Å². The Morgan fingerprint density at radius 1 is 1.40 bits per heavy atom. The monoisotopic (exact) mass is 141 g/mol. The van der Waals surface area contributed by atoms with Crippen molar-refractivity contribution in [2.45, 2.75) is 45.6 Å². The third-order valence-electron chi connectivity index (χ3n) is 1.60. The van der Waals surface area contributed by atoms with E-state index in [1.165, 1.54) is 6.42 Å². The first kappa shape index (κ1) is 9.70.